The topological polar surface area (TPSA) is 23.8 Å². The Labute approximate surface area is 49.6 Å². The van der Waals surface area contributed by atoms with Crippen molar-refractivity contribution >= 4 is 0 Å². The predicted octanol–water partition coefficient (Wildman–Crippen LogP) is 1.72. The zero-order valence-corrected chi connectivity index (χ0v) is 5.02. The van der Waals surface area contributed by atoms with Crippen molar-refractivity contribution in [1.29, 1.82) is 5.26 Å². The summed E-state index contributed by atoms with van der Waals surface area (Å²) in [4.78, 5) is 0. The summed E-state index contributed by atoms with van der Waals surface area (Å²) in [7, 11) is 0. The van der Waals surface area contributed by atoms with E-state index in [1.807, 2.05) is 6.92 Å². The molecule has 8 heavy (non-hydrogen) atoms. The van der Waals surface area contributed by atoms with Crippen molar-refractivity contribution in [1.82, 2.24) is 0 Å². The number of allylic oxidation sites excluding steroid dienone is 1. The molecule has 1 nitrogen and oxygen atoms in total. The molecule has 1 fully saturated rings. The molecule has 42 valence electrons. The maximum Gasteiger partial charge on any atom is 0.0662 e. The van der Waals surface area contributed by atoms with E-state index >= 15 is 0 Å². The van der Waals surface area contributed by atoms with Gasteiger partial charge in [0.15, 0.2) is 0 Å². The average molecular weight is 107 g/mol. The maximum atomic E-state index is 8.33. The van der Waals surface area contributed by atoms with Crippen LogP contribution in [0.3, 0.4) is 0 Å². The minimum atomic E-state index is 0.299. The van der Waals surface area contributed by atoms with Gasteiger partial charge in [0.1, 0.15) is 0 Å². The van der Waals surface area contributed by atoms with E-state index in [-0.39, 0.29) is 0 Å². The first kappa shape index (κ1) is 5.37. The van der Waals surface area contributed by atoms with Crippen molar-refractivity contribution in [3.05, 3.63) is 12.2 Å². The molecule has 0 radical (unpaired) electrons. The summed E-state index contributed by atoms with van der Waals surface area (Å²) in [5, 5.41) is 8.33. The molecule has 0 aromatic rings. The highest BCUT2D eigenvalue weighted by atomic mass is 14.4. The highest BCUT2D eigenvalue weighted by molar-refractivity contribution is 5.15. The van der Waals surface area contributed by atoms with E-state index in [4.69, 9.17) is 5.26 Å². The van der Waals surface area contributed by atoms with Gasteiger partial charge in [0, 0.05) is 0 Å². The number of nitrogens with zero attached hydrogens (tertiary/aromatic N) is 1. The minimum Gasteiger partial charge on any atom is -0.198 e. The Morgan fingerprint density at radius 1 is 1.88 bits per heavy atom. The Morgan fingerprint density at radius 3 is 2.62 bits per heavy atom. The number of rotatable bonds is 1. The van der Waals surface area contributed by atoms with Crippen LogP contribution in [0.1, 0.15) is 13.3 Å². The molecule has 0 bridgehead atoms. The van der Waals surface area contributed by atoms with Crippen LogP contribution in [-0.4, -0.2) is 0 Å². The van der Waals surface area contributed by atoms with Crippen LogP contribution in [0.4, 0.5) is 0 Å². The Hall–Kier alpha value is -0.770. The highest BCUT2D eigenvalue weighted by Crippen LogP contribution is 2.42. The second-order valence-corrected chi connectivity index (χ2v) is 2.42. The van der Waals surface area contributed by atoms with E-state index in [9.17, 15) is 0 Å². The molecule has 1 saturated carbocycles. The fourth-order valence-electron chi connectivity index (χ4n) is 0.882. The molecule has 0 aromatic carbocycles. The first-order valence-corrected chi connectivity index (χ1v) is 2.80. The molecule has 0 aliphatic heterocycles. The molecule has 0 amide bonds. The van der Waals surface area contributed by atoms with Crippen LogP contribution < -0.4 is 0 Å². The molecule has 0 N–H and O–H groups in total. The fourth-order valence-corrected chi connectivity index (χ4v) is 0.882. The summed E-state index contributed by atoms with van der Waals surface area (Å²) in [6.07, 6.45) is 1.05. The van der Waals surface area contributed by atoms with Gasteiger partial charge in [-0.25, -0.2) is 0 Å². The summed E-state index contributed by atoms with van der Waals surface area (Å²) in [5.74, 6) is 0.826. The zero-order chi connectivity index (χ0) is 6.15. The van der Waals surface area contributed by atoms with Gasteiger partial charge in [0.05, 0.1) is 12.0 Å². The van der Waals surface area contributed by atoms with Crippen molar-refractivity contribution in [2.24, 2.45) is 11.8 Å². The first-order chi connectivity index (χ1) is 3.75. The van der Waals surface area contributed by atoms with Gasteiger partial charge in [-0.2, -0.15) is 5.26 Å². The fraction of sp³-hybridized carbons (Fsp3) is 0.571. The predicted molar refractivity (Wildman–Crippen MR) is 32.0 cm³/mol. The molecule has 1 aliphatic carbocycles. The van der Waals surface area contributed by atoms with Gasteiger partial charge in [0.25, 0.3) is 0 Å². The molecular formula is C7H9N. The lowest BCUT2D eigenvalue weighted by molar-refractivity contribution is 0.938. The SMILES string of the molecule is C=C(C)[C@@H]1C[C@H]1C#N. The quantitative estimate of drug-likeness (QED) is 0.468. The first-order valence-electron chi connectivity index (χ1n) is 2.80. The van der Waals surface area contributed by atoms with Crippen molar-refractivity contribution in [2.45, 2.75) is 13.3 Å². The molecule has 1 aliphatic rings. The number of hydrogen-bond donors (Lipinski definition) is 0. The normalized spacial score (nSPS) is 33.5. The molecular weight excluding hydrogens is 98.1 g/mol. The summed E-state index contributed by atoms with van der Waals surface area (Å²) in [6, 6.07) is 2.21. The third-order valence-corrected chi connectivity index (χ3v) is 1.59. The second kappa shape index (κ2) is 1.63. The van der Waals surface area contributed by atoms with E-state index in [1.54, 1.807) is 0 Å². The van der Waals surface area contributed by atoms with E-state index in [0.29, 0.717) is 11.8 Å². The van der Waals surface area contributed by atoms with Crippen LogP contribution in [0.15, 0.2) is 12.2 Å². The van der Waals surface area contributed by atoms with Crippen molar-refractivity contribution in [3.8, 4) is 6.07 Å². The largest absolute Gasteiger partial charge is 0.198 e. The lowest BCUT2D eigenvalue weighted by atomic mass is 10.2. The minimum absolute atomic E-state index is 0.299. The van der Waals surface area contributed by atoms with Crippen LogP contribution in [0.25, 0.3) is 0 Å². The van der Waals surface area contributed by atoms with E-state index in [0.717, 1.165) is 12.0 Å². The van der Waals surface area contributed by atoms with Gasteiger partial charge in [0.2, 0.25) is 0 Å². The van der Waals surface area contributed by atoms with Crippen molar-refractivity contribution in [2.75, 3.05) is 0 Å². The molecule has 1 heteroatoms. The van der Waals surface area contributed by atoms with E-state index in [1.165, 1.54) is 0 Å². The van der Waals surface area contributed by atoms with Gasteiger partial charge in [-0.15, -0.1) is 0 Å². The Balaban J connectivity index is 2.40. The van der Waals surface area contributed by atoms with Crippen LogP contribution in [-0.2, 0) is 0 Å². The lowest BCUT2D eigenvalue weighted by Gasteiger charge is -1.86. The molecule has 0 saturated heterocycles. The standard InChI is InChI=1S/C7H9N/c1-5(2)7-3-6(7)4-8/h6-7H,1,3H2,2H3/t6-,7-/m0/s1. The molecule has 1 rings (SSSR count). The highest BCUT2D eigenvalue weighted by Gasteiger charge is 2.37. The van der Waals surface area contributed by atoms with Crippen LogP contribution >= 0.6 is 0 Å². The number of nitriles is 1. The Morgan fingerprint density at radius 2 is 2.50 bits per heavy atom. The van der Waals surface area contributed by atoms with Crippen LogP contribution in [0, 0.1) is 23.2 Å². The van der Waals surface area contributed by atoms with Gasteiger partial charge in [-0.1, -0.05) is 12.2 Å². The third kappa shape index (κ3) is 0.742. The van der Waals surface area contributed by atoms with Gasteiger partial charge in [-0.05, 0) is 19.3 Å². The van der Waals surface area contributed by atoms with Crippen LogP contribution in [0.2, 0.25) is 0 Å². The monoisotopic (exact) mass is 107 g/mol. The maximum absolute atomic E-state index is 8.33. The van der Waals surface area contributed by atoms with E-state index < -0.39 is 0 Å². The molecule has 0 unspecified atom stereocenters. The smallest absolute Gasteiger partial charge is 0.0662 e. The average Bonchev–Trinajstić information content (AvgIpc) is 2.42. The Kier molecular flexibility index (Phi) is 1.09. The second-order valence-electron chi connectivity index (χ2n) is 2.42. The summed E-state index contributed by atoms with van der Waals surface area (Å²) >= 11 is 0. The third-order valence-electron chi connectivity index (χ3n) is 1.59. The Bertz CT molecular complexity index is 152. The molecule has 0 aromatic heterocycles. The summed E-state index contributed by atoms with van der Waals surface area (Å²) in [5.41, 5.74) is 1.16. The molecule has 2 atom stereocenters. The van der Waals surface area contributed by atoms with Gasteiger partial charge in [-0.3, -0.25) is 0 Å². The lowest BCUT2D eigenvalue weighted by Crippen LogP contribution is -1.77. The van der Waals surface area contributed by atoms with E-state index in [2.05, 4.69) is 12.6 Å². The van der Waals surface area contributed by atoms with Gasteiger partial charge >= 0.3 is 0 Å². The zero-order valence-electron chi connectivity index (χ0n) is 5.02. The summed E-state index contributed by atoms with van der Waals surface area (Å²) in [6.45, 7) is 5.75. The number of hydrogen-bond acceptors (Lipinski definition) is 1. The molecule has 0 spiro atoms. The summed E-state index contributed by atoms with van der Waals surface area (Å²) < 4.78 is 0. The van der Waals surface area contributed by atoms with Crippen LogP contribution in [0.5, 0.6) is 0 Å². The molecule has 0 heterocycles. The van der Waals surface area contributed by atoms with Crippen molar-refractivity contribution < 1.29 is 0 Å². The van der Waals surface area contributed by atoms with Gasteiger partial charge < -0.3 is 0 Å². The van der Waals surface area contributed by atoms with Crippen molar-refractivity contribution in [3.63, 3.8) is 0 Å².